The van der Waals surface area contributed by atoms with E-state index >= 15 is 0 Å². The minimum Gasteiger partial charge on any atom is -0.496 e. The molecular weight excluding hydrogens is 344 g/mol. The molecule has 7 heteroatoms. The number of carbonyl (C=O) groups is 2. The fourth-order valence-corrected chi connectivity index (χ4v) is 4.17. The molecule has 1 saturated heterocycles. The molecule has 1 amide bonds. The molecule has 1 heterocycles. The van der Waals surface area contributed by atoms with Gasteiger partial charge in [0.05, 0.1) is 19.1 Å². The highest BCUT2D eigenvalue weighted by atomic mass is 35.5. The molecule has 1 aliphatic heterocycles. The molecule has 0 aromatic heterocycles. The lowest BCUT2D eigenvalue weighted by molar-refractivity contribution is -0.149. The average molecular weight is 369 g/mol. The van der Waals surface area contributed by atoms with Crippen LogP contribution in [0, 0.1) is 11.3 Å². The van der Waals surface area contributed by atoms with Gasteiger partial charge in [0.15, 0.2) is 0 Å². The van der Waals surface area contributed by atoms with Crippen LogP contribution in [0.2, 0.25) is 0 Å². The van der Waals surface area contributed by atoms with Gasteiger partial charge < -0.3 is 15.2 Å². The number of carboxylic acid groups (broad SMARTS) is 1. The first kappa shape index (κ1) is 19.5. The summed E-state index contributed by atoms with van der Waals surface area (Å²) >= 11 is 0. The lowest BCUT2D eigenvalue weighted by Crippen LogP contribution is -2.39. The number of rotatable bonds is 6. The molecule has 0 bridgehead atoms. The molecule has 0 radical (unpaired) electrons. The standard InChI is InChI=1S/C18H24N2O4.ClH/c1-24-15-7-3-2-5-13(15)9-19-16(21)11-20-10-14-6-4-8-18(14,12-20)17(22)23;/h2-3,5,7,14H,4,6,8-12H2,1H3,(H,19,21)(H,22,23);1H/t14-,18+;/m0./s1. The lowest BCUT2D eigenvalue weighted by atomic mass is 9.81. The third-order valence-corrected chi connectivity index (χ3v) is 5.40. The molecule has 2 atom stereocenters. The Morgan fingerprint density at radius 2 is 2.16 bits per heavy atom. The van der Waals surface area contributed by atoms with Crippen molar-refractivity contribution in [2.75, 3.05) is 26.7 Å². The number of nitrogens with one attached hydrogen (secondary N) is 1. The van der Waals surface area contributed by atoms with E-state index in [2.05, 4.69) is 5.32 Å². The maximum atomic E-state index is 12.2. The number of carboxylic acids is 1. The minimum absolute atomic E-state index is 0. The van der Waals surface area contributed by atoms with E-state index in [4.69, 9.17) is 4.74 Å². The molecule has 1 saturated carbocycles. The van der Waals surface area contributed by atoms with Crippen molar-refractivity contribution >= 4 is 24.3 Å². The highest BCUT2D eigenvalue weighted by Crippen LogP contribution is 2.48. The number of ether oxygens (including phenoxy) is 1. The number of fused-ring (bicyclic) bond motifs is 1. The molecule has 3 rings (SSSR count). The molecule has 1 aliphatic carbocycles. The highest BCUT2D eigenvalue weighted by molar-refractivity contribution is 5.85. The van der Waals surface area contributed by atoms with Crippen LogP contribution in [0.15, 0.2) is 24.3 Å². The van der Waals surface area contributed by atoms with Gasteiger partial charge in [-0.05, 0) is 24.8 Å². The van der Waals surface area contributed by atoms with E-state index in [1.54, 1.807) is 7.11 Å². The largest absolute Gasteiger partial charge is 0.496 e. The van der Waals surface area contributed by atoms with Gasteiger partial charge in [0.2, 0.25) is 5.91 Å². The zero-order valence-corrected chi connectivity index (χ0v) is 15.2. The van der Waals surface area contributed by atoms with Crippen molar-refractivity contribution in [3.8, 4) is 5.75 Å². The van der Waals surface area contributed by atoms with Crippen molar-refractivity contribution in [3.05, 3.63) is 29.8 Å². The Hall–Kier alpha value is -1.79. The molecule has 6 nitrogen and oxygen atoms in total. The molecule has 0 spiro atoms. The number of hydrogen-bond acceptors (Lipinski definition) is 4. The van der Waals surface area contributed by atoms with E-state index in [-0.39, 0.29) is 30.8 Å². The quantitative estimate of drug-likeness (QED) is 0.802. The monoisotopic (exact) mass is 368 g/mol. The Morgan fingerprint density at radius 1 is 1.40 bits per heavy atom. The van der Waals surface area contributed by atoms with Gasteiger partial charge in [0.25, 0.3) is 0 Å². The summed E-state index contributed by atoms with van der Waals surface area (Å²) in [5, 5.41) is 12.5. The van der Waals surface area contributed by atoms with Gasteiger partial charge in [-0.15, -0.1) is 12.4 Å². The fourth-order valence-electron chi connectivity index (χ4n) is 4.17. The molecule has 2 N–H and O–H groups in total. The summed E-state index contributed by atoms with van der Waals surface area (Å²) < 4.78 is 5.27. The molecule has 138 valence electrons. The van der Waals surface area contributed by atoms with Crippen LogP contribution in [0.25, 0.3) is 0 Å². The van der Waals surface area contributed by atoms with Gasteiger partial charge in [-0.2, -0.15) is 0 Å². The normalized spacial score (nSPS) is 25.1. The second-order valence-electron chi connectivity index (χ2n) is 6.81. The molecule has 0 unspecified atom stereocenters. The second kappa shape index (κ2) is 8.06. The van der Waals surface area contributed by atoms with E-state index in [1.165, 1.54) is 0 Å². The van der Waals surface area contributed by atoms with Crippen LogP contribution in [-0.2, 0) is 16.1 Å². The Labute approximate surface area is 153 Å². The lowest BCUT2D eigenvalue weighted by Gasteiger charge is -2.23. The van der Waals surface area contributed by atoms with Crippen LogP contribution >= 0.6 is 12.4 Å². The number of para-hydroxylation sites is 1. The maximum absolute atomic E-state index is 12.2. The average Bonchev–Trinajstić information content (AvgIpc) is 3.11. The molecular formula is C18H25ClN2O4. The molecule has 25 heavy (non-hydrogen) atoms. The predicted molar refractivity (Wildman–Crippen MR) is 95.9 cm³/mol. The van der Waals surface area contributed by atoms with Crippen LogP contribution in [0.5, 0.6) is 5.75 Å². The number of methoxy groups -OCH3 is 1. The van der Waals surface area contributed by atoms with E-state index in [0.29, 0.717) is 19.6 Å². The number of aliphatic carboxylic acids is 1. The number of halogens is 1. The van der Waals surface area contributed by atoms with Crippen LogP contribution in [-0.4, -0.2) is 48.6 Å². The van der Waals surface area contributed by atoms with Crippen LogP contribution < -0.4 is 10.1 Å². The van der Waals surface area contributed by atoms with Crippen molar-refractivity contribution in [2.45, 2.75) is 25.8 Å². The van der Waals surface area contributed by atoms with Gasteiger partial charge in [-0.1, -0.05) is 24.6 Å². The van der Waals surface area contributed by atoms with E-state index in [0.717, 1.165) is 30.6 Å². The molecule has 1 aromatic rings. The summed E-state index contributed by atoms with van der Waals surface area (Å²) in [7, 11) is 1.61. The third kappa shape index (κ3) is 3.90. The summed E-state index contributed by atoms with van der Waals surface area (Å²) in [4.78, 5) is 25.9. The summed E-state index contributed by atoms with van der Waals surface area (Å²) in [6, 6.07) is 7.57. The van der Waals surface area contributed by atoms with Gasteiger partial charge >= 0.3 is 5.97 Å². The first-order chi connectivity index (χ1) is 11.5. The highest BCUT2D eigenvalue weighted by Gasteiger charge is 2.54. The summed E-state index contributed by atoms with van der Waals surface area (Å²) in [5.41, 5.74) is 0.289. The van der Waals surface area contributed by atoms with E-state index in [1.807, 2.05) is 29.2 Å². The van der Waals surface area contributed by atoms with Crippen molar-refractivity contribution in [1.29, 1.82) is 0 Å². The van der Waals surface area contributed by atoms with E-state index in [9.17, 15) is 14.7 Å². The first-order valence-electron chi connectivity index (χ1n) is 8.39. The predicted octanol–water partition coefficient (Wildman–Crippen LogP) is 1.92. The smallest absolute Gasteiger partial charge is 0.311 e. The molecule has 1 aromatic carbocycles. The summed E-state index contributed by atoms with van der Waals surface area (Å²) in [6.45, 7) is 1.84. The van der Waals surface area contributed by atoms with Gasteiger partial charge in [0.1, 0.15) is 5.75 Å². The summed E-state index contributed by atoms with van der Waals surface area (Å²) in [6.07, 6.45) is 2.66. The SMILES string of the molecule is COc1ccccc1CNC(=O)CN1C[C@@H]2CCC[C@@]2(C(=O)O)C1.Cl. The number of amides is 1. The Bertz CT molecular complexity index is 639. The molecule has 2 fully saturated rings. The number of benzene rings is 1. The summed E-state index contributed by atoms with van der Waals surface area (Å²) in [5.74, 6) is 0.138. The van der Waals surface area contributed by atoms with Crippen LogP contribution in [0.1, 0.15) is 24.8 Å². The maximum Gasteiger partial charge on any atom is 0.311 e. The van der Waals surface area contributed by atoms with Crippen LogP contribution in [0.3, 0.4) is 0 Å². The van der Waals surface area contributed by atoms with Gasteiger partial charge in [-0.25, -0.2) is 0 Å². The second-order valence-corrected chi connectivity index (χ2v) is 6.81. The third-order valence-electron chi connectivity index (χ3n) is 5.40. The number of hydrogen-bond donors (Lipinski definition) is 2. The topological polar surface area (TPSA) is 78.9 Å². The zero-order chi connectivity index (χ0) is 17.2. The van der Waals surface area contributed by atoms with Gasteiger partial charge in [-0.3, -0.25) is 14.5 Å². The Morgan fingerprint density at radius 3 is 2.84 bits per heavy atom. The number of likely N-dealkylation sites (tertiary alicyclic amines) is 1. The Kier molecular flexibility index (Phi) is 6.30. The Balaban J connectivity index is 0.00000225. The van der Waals surface area contributed by atoms with Gasteiger partial charge in [0, 0.05) is 25.2 Å². The number of carbonyl (C=O) groups excluding carboxylic acids is 1. The van der Waals surface area contributed by atoms with Crippen molar-refractivity contribution in [2.24, 2.45) is 11.3 Å². The van der Waals surface area contributed by atoms with Crippen molar-refractivity contribution < 1.29 is 19.4 Å². The van der Waals surface area contributed by atoms with Crippen molar-refractivity contribution in [1.82, 2.24) is 10.2 Å². The fraction of sp³-hybridized carbons (Fsp3) is 0.556. The van der Waals surface area contributed by atoms with E-state index < -0.39 is 11.4 Å². The molecule has 2 aliphatic rings. The minimum atomic E-state index is -0.707. The zero-order valence-electron chi connectivity index (χ0n) is 14.4. The number of nitrogens with zero attached hydrogens (tertiary/aromatic N) is 1. The van der Waals surface area contributed by atoms with Crippen LogP contribution in [0.4, 0.5) is 0 Å². The van der Waals surface area contributed by atoms with Crippen molar-refractivity contribution in [3.63, 3.8) is 0 Å². The first-order valence-corrected chi connectivity index (χ1v) is 8.39.